The van der Waals surface area contributed by atoms with Crippen LogP contribution in [0.25, 0.3) is 0 Å². The number of alkyl halides is 2. The molecule has 0 aromatic heterocycles. The number of rotatable bonds is 4. The van der Waals surface area contributed by atoms with Gasteiger partial charge in [-0.15, -0.1) is 0 Å². The standard InChI is InChI=1S/C13H11ClF3N3O/c14-10-8(18)5-9(19)12(11(10)15)20-6-1-3-7(4-2-6)21-13(16)17/h1-5,13,20H,18-19H2. The highest BCUT2D eigenvalue weighted by molar-refractivity contribution is 6.33. The van der Waals surface area contributed by atoms with Gasteiger partial charge < -0.3 is 21.5 Å². The Hall–Kier alpha value is -2.28. The minimum atomic E-state index is -2.91. The van der Waals surface area contributed by atoms with Gasteiger partial charge in [-0.25, -0.2) is 4.39 Å². The van der Waals surface area contributed by atoms with Gasteiger partial charge in [0, 0.05) is 5.69 Å². The molecule has 0 fully saturated rings. The van der Waals surface area contributed by atoms with Gasteiger partial charge in [0.15, 0.2) is 5.82 Å². The number of ether oxygens (including phenoxy) is 1. The van der Waals surface area contributed by atoms with Crippen molar-refractivity contribution in [2.75, 3.05) is 16.8 Å². The van der Waals surface area contributed by atoms with Crippen LogP contribution in [-0.4, -0.2) is 6.61 Å². The van der Waals surface area contributed by atoms with E-state index in [0.29, 0.717) is 5.69 Å². The fourth-order valence-corrected chi connectivity index (χ4v) is 1.81. The molecule has 4 nitrogen and oxygen atoms in total. The van der Waals surface area contributed by atoms with E-state index in [1.165, 1.54) is 30.3 Å². The van der Waals surface area contributed by atoms with Crippen LogP contribution < -0.4 is 21.5 Å². The van der Waals surface area contributed by atoms with Crippen LogP contribution in [0.4, 0.5) is 35.9 Å². The zero-order valence-electron chi connectivity index (χ0n) is 10.5. The van der Waals surface area contributed by atoms with Gasteiger partial charge in [0.25, 0.3) is 0 Å². The van der Waals surface area contributed by atoms with Crippen molar-refractivity contribution >= 4 is 34.4 Å². The molecule has 0 spiro atoms. The Morgan fingerprint density at radius 3 is 2.29 bits per heavy atom. The van der Waals surface area contributed by atoms with E-state index in [4.69, 9.17) is 23.1 Å². The van der Waals surface area contributed by atoms with Crippen LogP contribution in [0.15, 0.2) is 30.3 Å². The first-order valence-electron chi connectivity index (χ1n) is 5.73. The Kier molecular flexibility index (Phi) is 4.32. The molecule has 0 heterocycles. The Morgan fingerprint density at radius 2 is 1.71 bits per heavy atom. The van der Waals surface area contributed by atoms with Crippen LogP contribution >= 0.6 is 11.6 Å². The zero-order valence-corrected chi connectivity index (χ0v) is 11.3. The molecule has 0 unspecified atom stereocenters. The minimum Gasteiger partial charge on any atom is -0.435 e. The van der Waals surface area contributed by atoms with Gasteiger partial charge in [-0.2, -0.15) is 8.78 Å². The molecule has 0 aliphatic rings. The summed E-state index contributed by atoms with van der Waals surface area (Å²) >= 11 is 5.70. The molecule has 2 rings (SSSR count). The molecular formula is C13H11ClF3N3O. The summed E-state index contributed by atoms with van der Waals surface area (Å²) in [7, 11) is 0. The SMILES string of the molecule is Nc1cc(N)c(Nc2ccc(OC(F)F)cc2)c(F)c1Cl. The minimum absolute atomic E-state index is 0.0145. The molecule has 0 radical (unpaired) electrons. The van der Waals surface area contributed by atoms with Crippen LogP contribution in [-0.2, 0) is 0 Å². The van der Waals surface area contributed by atoms with E-state index in [2.05, 4.69) is 10.1 Å². The lowest BCUT2D eigenvalue weighted by Crippen LogP contribution is -2.03. The number of nitrogens with two attached hydrogens (primary N) is 2. The van der Waals surface area contributed by atoms with Gasteiger partial charge in [-0.3, -0.25) is 0 Å². The predicted molar refractivity (Wildman–Crippen MR) is 76.6 cm³/mol. The largest absolute Gasteiger partial charge is 0.435 e. The van der Waals surface area contributed by atoms with Gasteiger partial charge in [0.2, 0.25) is 0 Å². The van der Waals surface area contributed by atoms with Crippen LogP contribution in [0.5, 0.6) is 5.75 Å². The number of nitrogens with one attached hydrogen (secondary N) is 1. The summed E-state index contributed by atoms with van der Waals surface area (Å²) in [6, 6.07) is 6.80. The normalized spacial score (nSPS) is 10.7. The maximum atomic E-state index is 14.0. The first-order chi connectivity index (χ1) is 9.88. The lowest BCUT2D eigenvalue weighted by Gasteiger charge is -2.13. The molecule has 2 aromatic carbocycles. The highest BCUT2D eigenvalue weighted by Crippen LogP contribution is 2.35. The summed E-state index contributed by atoms with van der Waals surface area (Å²) in [5.74, 6) is -0.804. The lowest BCUT2D eigenvalue weighted by atomic mass is 10.2. The van der Waals surface area contributed by atoms with E-state index in [1.807, 2.05) is 0 Å². The summed E-state index contributed by atoms with van der Waals surface area (Å²) in [6.07, 6.45) is 0. The van der Waals surface area contributed by atoms with Gasteiger partial charge in [-0.05, 0) is 30.3 Å². The summed E-state index contributed by atoms with van der Waals surface area (Å²) in [5.41, 5.74) is 11.6. The smallest absolute Gasteiger partial charge is 0.387 e. The highest BCUT2D eigenvalue weighted by atomic mass is 35.5. The van der Waals surface area contributed by atoms with E-state index in [0.717, 1.165) is 0 Å². The van der Waals surface area contributed by atoms with Crippen LogP contribution in [0.3, 0.4) is 0 Å². The van der Waals surface area contributed by atoms with Crippen molar-refractivity contribution in [1.82, 2.24) is 0 Å². The van der Waals surface area contributed by atoms with Crippen molar-refractivity contribution in [3.05, 3.63) is 41.2 Å². The van der Waals surface area contributed by atoms with Crippen molar-refractivity contribution in [2.45, 2.75) is 6.61 Å². The Morgan fingerprint density at radius 1 is 1.10 bits per heavy atom. The molecule has 21 heavy (non-hydrogen) atoms. The average Bonchev–Trinajstić information content (AvgIpc) is 2.42. The summed E-state index contributed by atoms with van der Waals surface area (Å²) < 4.78 is 42.2. The maximum Gasteiger partial charge on any atom is 0.387 e. The quantitative estimate of drug-likeness (QED) is 0.745. The third kappa shape index (κ3) is 3.43. The van der Waals surface area contributed by atoms with Crippen molar-refractivity contribution in [1.29, 1.82) is 0 Å². The van der Waals surface area contributed by atoms with E-state index >= 15 is 0 Å². The average molecular weight is 318 g/mol. The van der Waals surface area contributed by atoms with Crippen molar-refractivity contribution in [3.8, 4) is 5.75 Å². The van der Waals surface area contributed by atoms with E-state index in [1.54, 1.807) is 0 Å². The molecule has 0 amide bonds. The zero-order chi connectivity index (χ0) is 15.6. The molecule has 0 aliphatic heterocycles. The number of nitrogen functional groups attached to an aromatic ring is 2. The number of benzene rings is 2. The second kappa shape index (κ2) is 6.01. The van der Waals surface area contributed by atoms with Gasteiger partial charge in [0.05, 0.1) is 17.1 Å². The Labute approximate surface area is 123 Å². The van der Waals surface area contributed by atoms with Crippen molar-refractivity contribution < 1.29 is 17.9 Å². The molecule has 5 N–H and O–H groups in total. The number of hydrogen-bond acceptors (Lipinski definition) is 4. The third-order valence-electron chi connectivity index (χ3n) is 2.61. The van der Waals surface area contributed by atoms with Crippen molar-refractivity contribution in [3.63, 3.8) is 0 Å². The second-order valence-corrected chi connectivity index (χ2v) is 4.46. The summed E-state index contributed by atoms with van der Waals surface area (Å²) in [5, 5.41) is 2.46. The molecule has 0 saturated carbocycles. The summed E-state index contributed by atoms with van der Waals surface area (Å²) in [4.78, 5) is 0. The molecule has 0 saturated heterocycles. The number of halogens is 4. The van der Waals surface area contributed by atoms with Crippen molar-refractivity contribution in [2.24, 2.45) is 0 Å². The highest BCUT2D eigenvalue weighted by Gasteiger charge is 2.14. The molecular weight excluding hydrogens is 307 g/mol. The molecule has 112 valence electrons. The number of hydrogen-bond donors (Lipinski definition) is 3. The molecule has 0 aliphatic carbocycles. The van der Waals surface area contributed by atoms with E-state index in [9.17, 15) is 13.2 Å². The van der Waals surface area contributed by atoms with Crippen LogP contribution in [0.2, 0.25) is 5.02 Å². The van der Waals surface area contributed by atoms with Gasteiger partial charge in [0.1, 0.15) is 10.8 Å². The maximum absolute atomic E-state index is 14.0. The fourth-order valence-electron chi connectivity index (χ4n) is 1.66. The topological polar surface area (TPSA) is 73.3 Å². The molecule has 2 aromatic rings. The Bertz CT molecular complexity index is 650. The fraction of sp³-hybridized carbons (Fsp3) is 0.0769. The van der Waals surface area contributed by atoms with Crippen LogP contribution in [0.1, 0.15) is 0 Å². The lowest BCUT2D eigenvalue weighted by molar-refractivity contribution is -0.0498. The Balaban J connectivity index is 2.24. The second-order valence-electron chi connectivity index (χ2n) is 4.09. The first kappa shape index (κ1) is 15.1. The third-order valence-corrected chi connectivity index (χ3v) is 3.00. The van der Waals surface area contributed by atoms with E-state index in [-0.39, 0.29) is 27.8 Å². The van der Waals surface area contributed by atoms with E-state index < -0.39 is 12.4 Å². The van der Waals surface area contributed by atoms with Gasteiger partial charge in [-0.1, -0.05) is 11.6 Å². The summed E-state index contributed by atoms with van der Waals surface area (Å²) in [6.45, 7) is -2.91. The monoisotopic (exact) mass is 317 g/mol. The van der Waals surface area contributed by atoms with Gasteiger partial charge >= 0.3 is 6.61 Å². The molecule has 0 bridgehead atoms. The first-order valence-corrected chi connectivity index (χ1v) is 6.11. The molecule has 0 atom stereocenters. The number of anilines is 4. The predicted octanol–water partition coefficient (Wildman–Crippen LogP) is 3.99. The molecule has 8 heteroatoms. The van der Waals surface area contributed by atoms with Crippen LogP contribution in [0, 0.1) is 5.82 Å².